The molecule has 0 radical (unpaired) electrons. The third-order valence-electron chi connectivity index (χ3n) is 5.20. The zero-order chi connectivity index (χ0) is 21.9. The summed E-state index contributed by atoms with van der Waals surface area (Å²) in [6.45, 7) is 8.02. The van der Waals surface area contributed by atoms with Gasteiger partial charge in [0.25, 0.3) is 0 Å². The van der Waals surface area contributed by atoms with Crippen molar-refractivity contribution in [3.05, 3.63) is 104 Å². The predicted molar refractivity (Wildman–Crippen MR) is 119 cm³/mol. The van der Waals surface area contributed by atoms with Crippen molar-refractivity contribution in [1.82, 2.24) is 4.90 Å². The smallest absolute Gasteiger partial charge is 0.291 e. The normalized spacial score (nSPS) is 11.9. The monoisotopic (exact) mass is 475 g/mol. The number of hydrogen-bond acceptors (Lipinski definition) is 1. The lowest BCUT2D eigenvalue weighted by atomic mass is 9.99. The molecule has 3 rings (SSSR count). The number of aryl methyl sites for hydroxylation is 3. The molecule has 0 heterocycles. The van der Waals surface area contributed by atoms with E-state index in [0.29, 0.717) is 25.2 Å². The summed E-state index contributed by atoms with van der Waals surface area (Å²) in [4.78, 5) is 2.20. The van der Waals surface area contributed by atoms with Crippen LogP contribution < -0.4 is 0 Å². The van der Waals surface area contributed by atoms with Crippen LogP contribution in [0, 0.1) is 20.8 Å². The second-order valence-corrected chi connectivity index (χ2v) is 8.76. The van der Waals surface area contributed by atoms with Gasteiger partial charge in [0, 0.05) is 24.1 Å². The van der Waals surface area contributed by atoms with Gasteiger partial charge in [-0.2, -0.15) is 13.2 Å². The Morgan fingerprint density at radius 1 is 0.767 bits per heavy atom. The van der Waals surface area contributed by atoms with Crippen molar-refractivity contribution < 1.29 is 13.2 Å². The molecule has 0 aliphatic rings. The zero-order valence-corrected chi connectivity index (χ0v) is 18.9. The third kappa shape index (κ3) is 5.96. The third-order valence-corrected chi connectivity index (χ3v) is 5.73. The molecular formula is C25H25BrF3N. The standard InChI is InChI=1S/C25H25BrF3N/c1-17-11-18(2)24(19(3)12-17)16-30(14-20-7-9-23(26)10-8-20)15-21-5-4-6-22(13-21)25(27,28)29/h4-13H,14-16H2,1-3H3. The molecule has 3 aromatic carbocycles. The zero-order valence-electron chi connectivity index (χ0n) is 17.4. The van der Waals surface area contributed by atoms with Gasteiger partial charge in [0.05, 0.1) is 5.56 Å². The van der Waals surface area contributed by atoms with E-state index in [2.05, 4.69) is 53.7 Å². The van der Waals surface area contributed by atoms with E-state index < -0.39 is 11.7 Å². The Hall–Kier alpha value is -2.11. The Kier molecular flexibility index (Phi) is 7.04. The van der Waals surface area contributed by atoms with Crippen molar-refractivity contribution in [3.8, 4) is 0 Å². The quantitative estimate of drug-likeness (QED) is 0.354. The van der Waals surface area contributed by atoms with E-state index in [4.69, 9.17) is 0 Å². The summed E-state index contributed by atoms with van der Waals surface area (Å²) in [7, 11) is 0. The minimum absolute atomic E-state index is 0.437. The van der Waals surface area contributed by atoms with Crippen molar-refractivity contribution >= 4 is 15.9 Å². The Morgan fingerprint density at radius 2 is 1.37 bits per heavy atom. The lowest BCUT2D eigenvalue weighted by Crippen LogP contribution is -2.23. The molecule has 30 heavy (non-hydrogen) atoms. The Labute approximate surface area is 184 Å². The van der Waals surface area contributed by atoms with Gasteiger partial charge in [0.2, 0.25) is 0 Å². The number of halogens is 4. The van der Waals surface area contributed by atoms with Gasteiger partial charge in [0.15, 0.2) is 0 Å². The maximum absolute atomic E-state index is 13.2. The summed E-state index contributed by atoms with van der Waals surface area (Å²) in [5.41, 5.74) is 6.02. The van der Waals surface area contributed by atoms with Crippen LogP contribution in [0.5, 0.6) is 0 Å². The van der Waals surface area contributed by atoms with Gasteiger partial charge < -0.3 is 0 Å². The summed E-state index contributed by atoms with van der Waals surface area (Å²) in [6.07, 6.45) is -4.34. The van der Waals surface area contributed by atoms with Gasteiger partial charge in [-0.1, -0.05) is 64.0 Å². The Bertz CT molecular complexity index is 987. The van der Waals surface area contributed by atoms with Crippen LogP contribution in [0.2, 0.25) is 0 Å². The fraction of sp³-hybridized carbons (Fsp3) is 0.280. The van der Waals surface area contributed by atoms with E-state index in [1.807, 2.05) is 24.3 Å². The number of rotatable bonds is 6. The highest BCUT2D eigenvalue weighted by Gasteiger charge is 2.30. The second-order valence-electron chi connectivity index (χ2n) is 7.85. The molecule has 0 saturated heterocycles. The van der Waals surface area contributed by atoms with Gasteiger partial charge in [-0.3, -0.25) is 4.90 Å². The molecule has 0 N–H and O–H groups in total. The van der Waals surface area contributed by atoms with E-state index in [1.54, 1.807) is 6.07 Å². The average Bonchev–Trinajstić information content (AvgIpc) is 2.66. The molecule has 0 atom stereocenters. The van der Waals surface area contributed by atoms with Crippen LogP contribution in [0.1, 0.15) is 38.9 Å². The summed E-state index contributed by atoms with van der Waals surface area (Å²) < 4.78 is 40.5. The molecular weight excluding hydrogens is 451 g/mol. The molecule has 0 aliphatic carbocycles. The van der Waals surface area contributed by atoms with E-state index in [-0.39, 0.29) is 0 Å². The Morgan fingerprint density at radius 3 is 1.97 bits per heavy atom. The van der Waals surface area contributed by atoms with Crippen LogP contribution in [0.15, 0.2) is 65.1 Å². The molecule has 0 amide bonds. The van der Waals surface area contributed by atoms with Gasteiger partial charge in [0.1, 0.15) is 0 Å². The summed E-state index contributed by atoms with van der Waals surface area (Å²) in [5, 5.41) is 0. The topological polar surface area (TPSA) is 3.24 Å². The highest BCUT2D eigenvalue weighted by molar-refractivity contribution is 9.10. The fourth-order valence-corrected chi connectivity index (χ4v) is 4.07. The SMILES string of the molecule is Cc1cc(C)c(CN(Cc2ccc(Br)cc2)Cc2cccc(C(F)(F)F)c2)c(C)c1. The molecule has 0 aromatic heterocycles. The molecule has 0 spiro atoms. The molecule has 0 aliphatic heterocycles. The van der Waals surface area contributed by atoms with Gasteiger partial charge in [-0.15, -0.1) is 0 Å². The number of hydrogen-bond donors (Lipinski definition) is 0. The molecule has 0 bridgehead atoms. The molecule has 3 aromatic rings. The van der Waals surface area contributed by atoms with E-state index in [9.17, 15) is 13.2 Å². The predicted octanol–water partition coefficient (Wildman–Crippen LogP) is 7.60. The molecule has 158 valence electrons. The highest BCUT2D eigenvalue weighted by Crippen LogP contribution is 2.30. The molecule has 0 fully saturated rings. The van der Waals surface area contributed by atoms with E-state index >= 15 is 0 Å². The molecule has 1 nitrogen and oxygen atoms in total. The minimum atomic E-state index is -4.34. The van der Waals surface area contributed by atoms with Crippen molar-refractivity contribution in [1.29, 1.82) is 0 Å². The number of alkyl halides is 3. The van der Waals surface area contributed by atoms with Crippen LogP contribution in [-0.4, -0.2) is 4.90 Å². The number of nitrogens with zero attached hydrogens (tertiary/aromatic N) is 1. The van der Waals surface area contributed by atoms with Gasteiger partial charge in [-0.05, 0) is 66.8 Å². The number of benzene rings is 3. The summed E-state index contributed by atoms with van der Waals surface area (Å²) in [5.74, 6) is 0. The van der Waals surface area contributed by atoms with Crippen molar-refractivity contribution in [2.75, 3.05) is 0 Å². The summed E-state index contributed by atoms with van der Waals surface area (Å²) >= 11 is 3.45. The van der Waals surface area contributed by atoms with Crippen LogP contribution in [-0.2, 0) is 25.8 Å². The molecule has 5 heteroatoms. The highest BCUT2D eigenvalue weighted by atomic mass is 79.9. The van der Waals surface area contributed by atoms with Crippen LogP contribution in [0.3, 0.4) is 0 Å². The van der Waals surface area contributed by atoms with Crippen molar-refractivity contribution in [3.63, 3.8) is 0 Å². The van der Waals surface area contributed by atoms with Crippen LogP contribution >= 0.6 is 15.9 Å². The van der Waals surface area contributed by atoms with Crippen LogP contribution in [0.4, 0.5) is 13.2 Å². The Balaban J connectivity index is 1.91. The van der Waals surface area contributed by atoms with Gasteiger partial charge >= 0.3 is 6.18 Å². The maximum atomic E-state index is 13.2. The lowest BCUT2D eigenvalue weighted by Gasteiger charge is -2.25. The molecule has 0 unspecified atom stereocenters. The van der Waals surface area contributed by atoms with Crippen LogP contribution in [0.25, 0.3) is 0 Å². The largest absolute Gasteiger partial charge is 0.416 e. The van der Waals surface area contributed by atoms with E-state index in [1.165, 1.54) is 34.4 Å². The maximum Gasteiger partial charge on any atom is 0.416 e. The first kappa shape index (κ1) is 22.6. The summed E-state index contributed by atoms with van der Waals surface area (Å²) in [6, 6.07) is 18.0. The fourth-order valence-electron chi connectivity index (χ4n) is 3.80. The first-order chi connectivity index (χ1) is 14.1. The average molecular weight is 476 g/mol. The van der Waals surface area contributed by atoms with Crippen molar-refractivity contribution in [2.24, 2.45) is 0 Å². The first-order valence-electron chi connectivity index (χ1n) is 9.81. The minimum Gasteiger partial charge on any atom is -0.291 e. The lowest BCUT2D eigenvalue weighted by molar-refractivity contribution is -0.137. The molecule has 0 saturated carbocycles. The second kappa shape index (κ2) is 9.36. The van der Waals surface area contributed by atoms with Crippen molar-refractivity contribution in [2.45, 2.75) is 46.6 Å². The van der Waals surface area contributed by atoms with E-state index in [0.717, 1.165) is 16.1 Å². The first-order valence-corrected chi connectivity index (χ1v) is 10.6. The van der Waals surface area contributed by atoms with Gasteiger partial charge in [-0.25, -0.2) is 0 Å².